The predicted molar refractivity (Wildman–Crippen MR) is 131 cm³/mol. The van der Waals surface area contributed by atoms with Crippen LogP contribution in [0.1, 0.15) is 11.1 Å². The van der Waals surface area contributed by atoms with E-state index in [0.717, 1.165) is 33.8 Å². The highest BCUT2D eigenvalue weighted by atomic mass is 16.2. The van der Waals surface area contributed by atoms with Crippen LogP contribution in [0.4, 0.5) is 5.95 Å². The van der Waals surface area contributed by atoms with Gasteiger partial charge < -0.3 is 9.80 Å². The maximum Gasteiger partial charge on any atom is 0.244 e. The van der Waals surface area contributed by atoms with E-state index in [4.69, 9.17) is 5.10 Å². The molecule has 8 heteroatoms. The maximum absolute atomic E-state index is 13.2. The summed E-state index contributed by atoms with van der Waals surface area (Å²) < 4.78 is 1.80. The molecule has 4 heterocycles. The van der Waals surface area contributed by atoms with E-state index in [2.05, 4.69) is 26.8 Å². The van der Waals surface area contributed by atoms with Crippen LogP contribution in [0.25, 0.3) is 22.6 Å². The Labute approximate surface area is 198 Å². The first-order chi connectivity index (χ1) is 16.6. The molecule has 5 rings (SSSR count). The molecule has 0 radical (unpaired) electrons. The van der Waals surface area contributed by atoms with Crippen LogP contribution >= 0.6 is 0 Å². The molecule has 0 spiro atoms. The first-order valence-corrected chi connectivity index (χ1v) is 11.4. The number of pyridine rings is 1. The van der Waals surface area contributed by atoms with Crippen LogP contribution < -0.4 is 4.90 Å². The van der Waals surface area contributed by atoms with Gasteiger partial charge in [-0.1, -0.05) is 30.3 Å². The highest BCUT2D eigenvalue weighted by molar-refractivity contribution is 5.78. The quantitative estimate of drug-likeness (QED) is 0.461. The molecule has 0 atom stereocenters. The Morgan fingerprint density at radius 3 is 2.29 bits per heavy atom. The zero-order valence-corrected chi connectivity index (χ0v) is 19.4. The molecule has 1 aliphatic heterocycles. The molecule has 0 N–H and O–H groups in total. The Kier molecular flexibility index (Phi) is 6.03. The fourth-order valence-corrected chi connectivity index (χ4v) is 4.11. The number of hydrogen-bond acceptors (Lipinski definition) is 6. The third-order valence-electron chi connectivity index (χ3n) is 6.24. The molecular weight excluding hydrogens is 426 g/mol. The van der Waals surface area contributed by atoms with Gasteiger partial charge in [-0.15, -0.1) is 0 Å². The average Bonchev–Trinajstić information content (AvgIpc) is 3.30. The number of piperazine rings is 1. The van der Waals surface area contributed by atoms with Gasteiger partial charge in [0.1, 0.15) is 12.2 Å². The van der Waals surface area contributed by atoms with Crippen molar-refractivity contribution in [3.63, 3.8) is 0 Å². The van der Waals surface area contributed by atoms with Gasteiger partial charge in [0.15, 0.2) is 0 Å². The van der Waals surface area contributed by atoms with Crippen LogP contribution in [0.15, 0.2) is 67.1 Å². The minimum absolute atomic E-state index is 0.0495. The van der Waals surface area contributed by atoms with Gasteiger partial charge in [-0.3, -0.25) is 14.5 Å². The topological polar surface area (TPSA) is 80.0 Å². The van der Waals surface area contributed by atoms with Crippen molar-refractivity contribution in [1.82, 2.24) is 29.6 Å². The van der Waals surface area contributed by atoms with E-state index in [1.54, 1.807) is 23.1 Å². The fraction of sp³-hybridized carbons (Fsp3) is 0.269. The van der Waals surface area contributed by atoms with E-state index in [-0.39, 0.29) is 12.5 Å². The molecular formula is C26H27N7O. The summed E-state index contributed by atoms with van der Waals surface area (Å²) in [4.78, 5) is 30.5. The summed E-state index contributed by atoms with van der Waals surface area (Å²) >= 11 is 0. The summed E-state index contributed by atoms with van der Waals surface area (Å²) in [5, 5.41) is 4.80. The number of aryl methyl sites for hydroxylation is 2. The van der Waals surface area contributed by atoms with Crippen LogP contribution in [-0.4, -0.2) is 61.7 Å². The first kappa shape index (κ1) is 21.8. The Morgan fingerprint density at radius 1 is 0.853 bits per heavy atom. The second-order valence-corrected chi connectivity index (χ2v) is 8.51. The van der Waals surface area contributed by atoms with Crippen LogP contribution in [0.3, 0.4) is 0 Å². The van der Waals surface area contributed by atoms with Crippen LogP contribution in [0.5, 0.6) is 0 Å². The highest BCUT2D eigenvalue weighted by Crippen LogP contribution is 2.26. The van der Waals surface area contributed by atoms with Crippen molar-refractivity contribution >= 4 is 11.9 Å². The molecule has 0 saturated carbocycles. The molecule has 3 aromatic heterocycles. The normalized spacial score (nSPS) is 13.8. The lowest BCUT2D eigenvalue weighted by Crippen LogP contribution is -2.50. The summed E-state index contributed by atoms with van der Waals surface area (Å²) in [6, 6.07) is 15.9. The first-order valence-electron chi connectivity index (χ1n) is 11.4. The minimum Gasteiger partial charge on any atom is -0.338 e. The van der Waals surface area contributed by atoms with Crippen LogP contribution in [-0.2, 0) is 11.3 Å². The maximum atomic E-state index is 13.2. The van der Waals surface area contributed by atoms with E-state index in [1.807, 2.05) is 60.5 Å². The number of anilines is 1. The second kappa shape index (κ2) is 9.43. The lowest BCUT2D eigenvalue weighted by molar-refractivity contribution is -0.132. The number of carbonyl (C=O) groups excluding carboxylic acids is 1. The van der Waals surface area contributed by atoms with Crippen molar-refractivity contribution < 1.29 is 4.79 Å². The van der Waals surface area contributed by atoms with E-state index in [0.29, 0.717) is 32.1 Å². The Balaban J connectivity index is 1.36. The third kappa shape index (κ3) is 4.52. The molecule has 1 fully saturated rings. The summed E-state index contributed by atoms with van der Waals surface area (Å²) in [7, 11) is 0. The molecule has 0 unspecified atom stereocenters. The van der Waals surface area contributed by atoms with Crippen molar-refractivity contribution in [2.45, 2.75) is 20.4 Å². The Bertz CT molecular complexity index is 1280. The average molecular weight is 454 g/mol. The fourth-order valence-electron chi connectivity index (χ4n) is 4.11. The van der Waals surface area contributed by atoms with Crippen molar-refractivity contribution in [1.29, 1.82) is 0 Å². The number of hydrogen-bond donors (Lipinski definition) is 0. The molecule has 1 aliphatic rings. The number of nitrogens with zero attached hydrogens (tertiary/aromatic N) is 7. The van der Waals surface area contributed by atoms with Gasteiger partial charge in [-0.25, -0.2) is 9.97 Å². The van der Waals surface area contributed by atoms with Crippen molar-refractivity contribution in [3.05, 3.63) is 78.2 Å². The largest absolute Gasteiger partial charge is 0.338 e. The SMILES string of the molecule is Cc1cnc(-c2cc(-c3ccccc3)n(CC(=O)N3CCN(c4ncccn4)CC3)n2)cc1C. The number of rotatable bonds is 5. The third-order valence-corrected chi connectivity index (χ3v) is 6.24. The lowest BCUT2D eigenvalue weighted by Gasteiger charge is -2.34. The van der Waals surface area contributed by atoms with Gasteiger partial charge in [0.05, 0.1) is 11.4 Å². The molecule has 1 aromatic carbocycles. The van der Waals surface area contributed by atoms with E-state index >= 15 is 0 Å². The summed E-state index contributed by atoms with van der Waals surface area (Å²) in [5.74, 6) is 0.757. The summed E-state index contributed by atoms with van der Waals surface area (Å²) in [5.41, 5.74) is 5.80. The number of carbonyl (C=O) groups is 1. The molecule has 34 heavy (non-hydrogen) atoms. The molecule has 0 bridgehead atoms. The molecule has 172 valence electrons. The monoisotopic (exact) mass is 453 g/mol. The molecule has 1 amide bonds. The van der Waals surface area contributed by atoms with Gasteiger partial charge in [-0.2, -0.15) is 5.10 Å². The van der Waals surface area contributed by atoms with Crippen LogP contribution in [0, 0.1) is 13.8 Å². The molecule has 1 saturated heterocycles. The van der Waals surface area contributed by atoms with E-state index < -0.39 is 0 Å². The van der Waals surface area contributed by atoms with Crippen molar-refractivity contribution in [2.75, 3.05) is 31.1 Å². The summed E-state index contributed by atoms with van der Waals surface area (Å²) in [6.45, 7) is 6.96. The second-order valence-electron chi connectivity index (χ2n) is 8.51. The van der Waals surface area contributed by atoms with E-state index in [1.165, 1.54) is 0 Å². The zero-order chi connectivity index (χ0) is 23.5. The smallest absolute Gasteiger partial charge is 0.244 e. The number of amides is 1. The lowest BCUT2D eigenvalue weighted by atomic mass is 10.1. The summed E-state index contributed by atoms with van der Waals surface area (Å²) in [6.07, 6.45) is 5.35. The van der Waals surface area contributed by atoms with Gasteiger partial charge in [-0.05, 0) is 48.7 Å². The van der Waals surface area contributed by atoms with Crippen molar-refractivity contribution in [2.24, 2.45) is 0 Å². The van der Waals surface area contributed by atoms with Crippen LogP contribution in [0.2, 0.25) is 0 Å². The number of aromatic nitrogens is 5. The van der Waals surface area contributed by atoms with E-state index in [9.17, 15) is 4.79 Å². The van der Waals surface area contributed by atoms with Gasteiger partial charge in [0, 0.05) is 44.8 Å². The van der Waals surface area contributed by atoms with Gasteiger partial charge >= 0.3 is 0 Å². The molecule has 4 aromatic rings. The Hall–Kier alpha value is -4.07. The highest BCUT2D eigenvalue weighted by Gasteiger charge is 2.24. The Morgan fingerprint density at radius 2 is 1.59 bits per heavy atom. The van der Waals surface area contributed by atoms with Gasteiger partial charge in [0.2, 0.25) is 11.9 Å². The van der Waals surface area contributed by atoms with Gasteiger partial charge in [0.25, 0.3) is 0 Å². The zero-order valence-electron chi connectivity index (χ0n) is 19.4. The molecule has 8 nitrogen and oxygen atoms in total. The standard InChI is InChI=1S/C26H27N7O/c1-19-15-22(29-17-20(19)2)23-16-24(21-7-4-3-5-8-21)33(30-23)18-25(34)31-11-13-32(14-12-31)26-27-9-6-10-28-26/h3-10,15-17H,11-14,18H2,1-2H3. The minimum atomic E-state index is 0.0495. The number of benzene rings is 1. The van der Waals surface area contributed by atoms with Crippen molar-refractivity contribution in [3.8, 4) is 22.6 Å². The molecule has 0 aliphatic carbocycles. The predicted octanol–water partition coefficient (Wildman–Crippen LogP) is 3.37.